The second-order valence-corrected chi connectivity index (χ2v) is 11.9. The second kappa shape index (κ2) is 12.5. The summed E-state index contributed by atoms with van der Waals surface area (Å²) in [5.74, 6) is -9.73. The monoisotopic (exact) mass is 684 g/mol. The molecule has 3 aromatic rings. The number of nitrogen functional groups attached to an aromatic ring is 1. The quantitative estimate of drug-likeness (QED) is 0.368. The lowest BCUT2D eigenvalue weighted by atomic mass is 9.80. The number of halogens is 6. The zero-order valence-electron chi connectivity index (χ0n) is 25.4. The first-order valence-electron chi connectivity index (χ1n) is 14.9. The molecule has 0 unspecified atom stereocenters. The van der Waals surface area contributed by atoms with Gasteiger partial charge in [-0.25, -0.2) is 27.7 Å². The SMILES string of the molecule is COc1ncc(-c2cc(CN3CCOCC3)c3c(N)ncnn23)cc1C(=O)N(C(=O)C(F)(F)F)[C@@H]1CN(C(=O)C2CC(F)(F)C2)C[C@@H]1F. The Balaban J connectivity index is 1.36. The lowest BCUT2D eigenvalue weighted by molar-refractivity contribution is -0.184. The smallest absolute Gasteiger partial charge is 0.471 e. The summed E-state index contributed by atoms with van der Waals surface area (Å²) in [5.41, 5.74) is 7.19. The van der Waals surface area contributed by atoms with E-state index in [2.05, 4.69) is 20.0 Å². The van der Waals surface area contributed by atoms with Crippen molar-refractivity contribution >= 4 is 29.1 Å². The molecule has 1 aliphatic carbocycles. The van der Waals surface area contributed by atoms with Crippen LogP contribution in [-0.2, 0) is 20.9 Å². The topological polar surface area (TPSA) is 148 Å². The number of pyridine rings is 1. The first-order chi connectivity index (χ1) is 22.7. The number of hydrogen-bond acceptors (Lipinski definition) is 10. The van der Waals surface area contributed by atoms with Gasteiger partial charge in [0.15, 0.2) is 5.82 Å². The van der Waals surface area contributed by atoms with Gasteiger partial charge in [0, 0.05) is 56.7 Å². The van der Waals surface area contributed by atoms with Gasteiger partial charge >= 0.3 is 12.1 Å². The van der Waals surface area contributed by atoms with Crippen molar-refractivity contribution in [3.8, 4) is 17.1 Å². The van der Waals surface area contributed by atoms with E-state index in [0.717, 1.165) is 18.1 Å². The molecule has 1 saturated carbocycles. The van der Waals surface area contributed by atoms with Crippen LogP contribution in [0.15, 0.2) is 24.7 Å². The van der Waals surface area contributed by atoms with E-state index < -0.39 is 85.3 Å². The van der Waals surface area contributed by atoms with Crippen LogP contribution in [0, 0.1) is 5.92 Å². The molecule has 3 fully saturated rings. The van der Waals surface area contributed by atoms with Gasteiger partial charge in [0.25, 0.3) is 5.91 Å². The van der Waals surface area contributed by atoms with Gasteiger partial charge in [-0.2, -0.15) is 18.3 Å². The maximum absolute atomic E-state index is 15.4. The van der Waals surface area contributed by atoms with E-state index in [1.807, 2.05) is 0 Å². The number of fused-ring (bicyclic) bond motifs is 1. The number of imide groups is 1. The van der Waals surface area contributed by atoms with Gasteiger partial charge in [-0.15, -0.1) is 0 Å². The van der Waals surface area contributed by atoms with E-state index in [9.17, 15) is 36.3 Å². The Hall–Kier alpha value is -4.52. The highest BCUT2D eigenvalue weighted by molar-refractivity contribution is 6.08. The number of anilines is 1. The summed E-state index contributed by atoms with van der Waals surface area (Å²) in [4.78, 5) is 50.1. The summed E-state index contributed by atoms with van der Waals surface area (Å²) < 4.78 is 95.9. The second-order valence-electron chi connectivity index (χ2n) is 11.9. The van der Waals surface area contributed by atoms with Crippen molar-refractivity contribution in [2.75, 3.05) is 52.2 Å². The minimum Gasteiger partial charge on any atom is -0.480 e. The van der Waals surface area contributed by atoms with Crippen molar-refractivity contribution in [2.24, 2.45) is 5.92 Å². The maximum Gasteiger partial charge on any atom is 0.471 e. The zero-order chi connectivity index (χ0) is 34.5. The molecule has 3 aromatic heterocycles. The molecular weight excluding hydrogens is 654 g/mol. The number of carbonyl (C=O) groups is 3. The van der Waals surface area contributed by atoms with Crippen LogP contribution in [0.1, 0.15) is 28.8 Å². The lowest BCUT2D eigenvalue weighted by Gasteiger charge is -2.36. The summed E-state index contributed by atoms with van der Waals surface area (Å²) in [6.45, 7) is 1.12. The van der Waals surface area contributed by atoms with Crippen LogP contribution in [0.3, 0.4) is 0 Å². The summed E-state index contributed by atoms with van der Waals surface area (Å²) in [7, 11) is 1.10. The highest BCUT2D eigenvalue weighted by Gasteiger charge is 2.55. The van der Waals surface area contributed by atoms with Crippen molar-refractivity contribution in [1.29, 1.82) is 0 Å². The number of ether oxygens (including phenoxy) is 2. The molecule has 3 amide bonds. The third-order valence-corrected chi connectivity index (χ3v) is 8.71. The van der Waals surface area contributed by atoms with E-state index in [0.29, 0.717) is 49.6 Å². The van der Waals surface area contributed by atoms with Crippen molar-refractivity contribution in [3.63, 3.8) is 0 Å². The molecule has 3 aliphatic rings. The number of morpholine rings is 1. The Morgan fingerprint density at radius 2 is 1.83 bits per heavy atom. The number of aromatic nitrogens is 4. The predicted octanol–water partition coefficient (Wildman–Crippen LogP) is 2.34. The first kappa shape index (κ1) is 33.4. The highest BCUT2D eigenvalue weighted by Crippen LogP contribution is 2.44. The minimum absolute atomic E-state index is 0.138. The average molecular weight is 685 g/mol. The average Bonchev–Trinajstić information content (AvgIpc) is 3.60. The molecule has 2 atom stereocenters. The van der Waals surface area contributed by atoms with Crippen LogP contribution in [0.25, 0.3) is 16.8 Å². The van der Waals surface area contributed by atoms with Gasteiger partial charge in [0.05, 0.1) is 38.6 Å². The molecule has 2 N–H and O–H groups in total. The summed E-state index contributed by atoms with van der Waals surface area (Å²) in [5, 5.41) is 4.27. The molecule has 0 bridgehead atoms. The summed E-state index contributed by atoms with van der Waals surface area (Å²) in [6.07, 6.45) is -7.04. The molecule has 2 saturated heterocycles. The third-order valence-electron chi connectivity index (χ3n) is 8.71. The molecule has 19 heteroatoms. The molecular formula is C29H30F6N8O5. The number of carbonyl (C=O) groups excluding carboxylic acids is 3. The first-order valence-corrected chi connectivity index (χ1v) is 14.9. The Labute approximate surface area is 268 Å². The molecule has 2 aliphatic heterocycles. The molecule has 0 radical (unpaired) electrons. The summed E-state index contributed by atoms with van der Waals surface area (Å²) in [6, 6.07) is 0.755. The maximum atomic E-state index is 15.4. The van der Waals surface area contributed by atoms with Crippen LogP contribution >= 0.6 is 0 Å². The molecule has 48 heavy (non-hydrogen) atoms. The predicted molar refractivity (Wildman–Crippen MR) is 153 cm³/mol. The number of nitrogens with two attached hydrogens (primary N) is 1. The lowest BCUT2D eigenvalue weighted by Crippen LogP contribution is -2.54. The number of likely N-dealkylation sites (tertiary alicyclic amines) is 1. The van der Waals surface area contributed by atoms with E-state index in [1.165, 1.54) is 17.0 Å². The number of nitrogens with zero attached hydrogens (tertiary/aromatic N) is 7. The van der Waals surface area contributed by atoms with Gasteiger partial charge < -0.3 is 20.1 Å². The van der Waals surface area contributed by atoms with Crippen molar-refractivity contribution in [2.45, 2.75) is 43.7 Å². The molecule has 5 heterocycles. The Morgan fingerprint density at radius 1 is 1.12 bits per heavy atom. The van der Waals surface area contributed by atoms with Gasteiger partial charge in [-0.3, -0.25) is 24.2 Å². The summed E-state index contributed by atoms with van der Waals surface area (Å²) >= 11 is 0. The Morgan fingerprint density at radius 3 is 2.48 bits per heavy atom. The van der Waals surface area contributed by atoms with Gasteiger partial charge in [0.2, 0.25) is 17.7 Å². The van der Waals surface area contributed by atoms with Gasteiger partial charge in [0.1, 0.15) is 23.6 Å². The fraction of sp³-hybridized carbons (Fsp3) is 0.517. The minimum atomic E-state index is -5.62. The van der Waals surface area contributed by atoms with Crippen molar-refractivity contribution in [3.05, 3.63) is 35.8 Å². The van der Waals surface area contributed by atoms with Gasteiger partial charge in [-0.05, 0) is 17.7 Å². The van der Waals surface area contributed by atoms with Crippen LogP contribution in [0.5, 0.6) is 5.88 Å². The number of rotatable bonds is 7. The van der Waals surface area contributed by atoms with E-state index >= 15 is 4.39 Å². The third kappa shape index (κ3) is 6.23. The van der Waals surface area contributed by atoms with E-state index in [1.54, 1.807) is 6.07 Å². The fourth-order valence-corrected chi connectivity index (χ4v) is 6.30. The Kier molecular flexibility index (Phi) is 8.69. The fourth-order valence-electron chi connectivity index (χ4n) is 6.30. The number of alkyl halides is 6. The molecule has 0 aromatic carbocycles. The van der Waals surface area contributed by atoms with Crippen molar-refractivity contribution < 1.29 is 50.2 Å². The number of methoxy groups -OCH3 is 1. The highest BCUT2D eigenvalue weighted by atomic mass is 19.4. The van der Waals surface area contributed by atoms with Gasteiger partial charge in [-0.1, -0.05) is 0 Å². The van der Waals surface area contributed by atoms with Crippen LogP contribution in [0.2, 0.25) is 0 Å². The van der Waals surface area contributed by atoms with E-state index in [-0.39, 0.29) is 16.3 Å². The molecule has 6 rings (SSSR count). The Bertz CT molecular complexity index is 1740. The zero-order valence-corrected chi connectivity index (χ0v) is 25.4. The van der Waals surface area contributed by atoms with Crippen LogP contribution in [0.4, 0.5) is 32.2 Å². The number of hydrogen-bond donors (Lipinski definition) is 1. The van der Waals surface area contributed by atoms with Crippen molar-refractivity contribution in [1.82, 2.24) is 34.3 Å². The molecule has 258 valence electrons. The van der Waals surface area contributed by atoms with E-state index in [4.69, 9.17) is 15.2 Å². The molecule has 0 spiro atoms. The molecule has 13 nitrogen and oxygen atoms in total. The standard InChI is InChI=1S/C29H30F6N8O5/c1-47-24-18(6-15(10-37-24)20-7-16(11-40-2-4-48-5-3-40)22-23(36)38-14-39-43(20)22)26(45)42(27(46)29(33,34)35)21-13-41(12-19(21)30)25(44)17-8-28(31,32)9-17/h6-7,10,14,17,19,21H,2-5,8-9,11-13H2,1H3,(H2,36,38,39)/t19-,21+/m0/s1. The number of amides is 3. The largest absolute Gasteiger partial charge is 0.480 e. The normalized spacial score (nSPS) is 21.7. The van der Waals surface area contributed by atoms with Crippen LogP contribution in [-0.4, -0.2) is 123 Å². The van der Waals surface area contributed by atoms with Crippen LogP contribution < -0.4 is 10.5 Å².